The summed E-state index contributed by atoms with van der Waals surface area (Å²) in [5, 5.41) is 1.15. The van der Waals surface area contributed by atoms with Gasteiger partial charge in [0.05, 0.1) is 0 Å². The number of hydrogen-bond donors (Lipinski definition) is 0. The molecule has 1 nitrogen and oxygen atoms in total. The first kappa shape index (κ1) is 13.1. The standard InChI is InChI=1S/C15H21BrO/c1-17-10-4-7-13-5-2-3-6-14(13)11-15(12-16)8-9-15/h2-3,5-6H,4,7-12H2,1H3. The van der Waals surface area contributed by atoms with Gasteiger partial charge in [-0.25, -0.2) is 0 Å². The summed E-state index contributed by atoms with van der Waals surface area (Å²) < 4.78 is 5.13. The molecule has 0 aliphatic heterocycles. The third-order valence-electron chi connectivity index (χ3n) is 3.72. The second-order valence-electron chi connectivity index (χ2n) is 5.18. The van der Waals surface area contributed by atoms with Gasteiger partial charge in [0.25, 0.3) is 0 Å². The molecule has 0 aromatic heterocycles. The molecule has 1 aliphatic carbocycles. The van der Waals surface area contributed by atoms with Crippen molar-refractivity contribution in [2.45, 2.75) is 32.1 Å². The van der Waals surface area contributed by atoms with Crippen LogP contribution in [0.15, 0.2) is 24.3 Å². The molecule has 2 heteroatoms. The van der Waals surface area contributed by atoms with Crippen LogP contribution in [0.1, 0.15) is 30.4 Å². The summed E-state index contributed by atoms with van der Waals surface area (Å²) in [7, 11) is 1.77. The van der Waals surface area contributed by atoms with Crippen LogP contribution >= 0.6 is 15.9 Å². The largest absolute Gasteiger partial charge is 0.385 e. The molecular formula is C15H21BrO. The topological polar surface area (TPSA) is 9.23 Å². The fraction of sp³-hybridized carbons (Fsp3) is 0.600. The lowest BCUT2D eigenvalue weighted by Gasteiger charge is -2.15. The predicted octanol–water partition coefficient (Wildman–Crippen LogP) is 3.98. The van der Waals surface area contributed by atoms with Crippen molar-refractivity contribution in [1.82, 2.24) is 0 Å². The molecule has 0 amide bonds. The van der Waals surface area contributed by atoms with Gasteiger partial charge in [0.15, 0.2) is 0 Å². The number of benzene rings is 1. The average Bonchev–Trinajstić information content (AvgIpc) is 3.12. The highest BCUT2D eigenvalue weighted by Gasteiger charge is 2.41. The summed E-state index contributed by atoms with van der Waals surface area (Å²) in [5.74, 6) is 0. The molecule has 0 saturated heterocycles. The van der Waals surface area contributed by atoms with Crippen LogP contribution in [0.25, 0.3) is 0 Å². The maximum Gasteiger partial charge on any atom is 0.0465 e. The van der Waals surface area contributed by atoms with Crippen LogP contribution in [0.5, 0.6) is 0 Å². The first-order valence-corrected chi connectivity index (χ1v) is 7.53. The molecule has 1 fully saturated rings. The average molecular weight is 297 g/mol. The fourth-order valence-electron chi connectivity index (χ4n) is 2.32. The van der Waals surface area contributed by atoms with E-state index in [0.717, 1.165) is 24.8 Å². The molecule has 1 aromatic carbocycles. The van der Waals surface area contributed by atoms with Crippen LogP contribution in [0, 0.1) is 5.41 Å². The van der Waals surface area contributed by atoms with Crippen LogP contribution in [0.3, 0.4) is 0 Å². The van der Waals surface area contributed by atoms with Crippen molar-refractivity contribution < 1.29 is 4.74 Å². The Morgan fingerprint density at radius 2 is 1.94 bits per heavy atom. The van der Waals surface area contributed by atoms with Gasteiger partial charge in [-0.1, -0.05) is 40.2 Å². The summed E-state index contributed by atoms with van der Waals surface area (Å²) >= 11 is 3.66. The van der Waals surface area contributed by atoms with Crippen molar-refractivity contribution in [1.29, 1.82) is 0 Å². The smallest absolute Gasteiger partial charge is 0.0465 e. The summed E-state index contributed by atoms with van der Waals surface area (Å²) in [5.41, 5.74) is 3.62. The Morgan fingerprint density at radius 3 is 2.53 bits per heavy atom. The fourth-order valence-corrected chi connectivity index (χ4v) is 3.08. The number of rotatable bonds is 7. The van der Waals surface area contributed by atoms with Crippen LogP contribution < -0.4 is 0 Å². The zero-order valence-corrected chi connectivity index (χ0v) is 12.1. The van der Waals surface area contributed by atoms with Crippen molar-refractivity contribution in [2.75, 3.05) is 19.0 Å². The van der Waals surface area contributed by atoms with E-state index in [1.165, 1.54) is 24.8 Å². The van der Waals surface area contributed by atoms with Crippen LogP contribution in [0.2, 0.25) is 0 Å². The summed E-state index contributed by atoms with van der Waals surface area (Å²) in [4.78, 5) is 0. The molecule has 0 heterocycles. The van der Waals surface area contributed by atoms with Gasteiger partial charge in [-0.05, 0) is 48.6 Å². The Balaban J connectivity index is 2.00. The molecule has 1 saturated carbocycles. The van der Waals surface area contributed by atoms with Gasteiger partial charge >= 0.3 is 0 Å². The van der Waals surface area contributed by atoms with Crippen molar-refractivity contribution in [3.05, 3.63) is 35.4 Å². The summed E-state index contributed by atoms with van der Waals surface area (Å²) in [6, 6.07) is 8.89. The van der Waals surface area contributed by atoms with E-state index in [9.17, 15) is 0 Å². The summed E-state index contributed by atoms with van der Waals surface area (Å²) in [6.07, 6.45) is 6.26. The molecule has 0 atom stereocenters. The number of ether oxygens (including phenoxy) is 1. The number of halogens is 1. The Morgan fingerprint density at radius 1 is 1.24 bits per heavy atom. The SMILES string of the molecule is COCCCc1ccccc1CC1(CBr)CC1. The molecule has 2 rings (SSSR count). The number of aryl methyl sites for hydroxylation is 1. The van der Waals surface area contributed by atoms with Crippen LogP contribution in [-0.4, -0.2) is 19.0 Å². The predicted molar refractivity (Wildman–Crippen MR) is 75.8 cm³/mol. The molecule has 94 valence electrons. The molecule has 17 heavy (non-hydrogen) atoms. The highest BCUT2D eigenvalue weighted by Crippen LogP contribution is 2.50. The van der Waals surface area contributed by atoms with Crippen molar-refractivity contribution in [3.63, 3.8) is 0 Å². The third kappa shape index (κ3) is 3.56. The maximum atomic E-state index is 5.13. The Labute approximate surface area is 113 Å². The second kappa shape index (κ2) is 6.01. The molecule has 0 spiro atoms. The molecule has 0 N–H and O–H groups in total. The number of hydrogen-bond acceptors (Lipinski definition) is 1. The maximum absolute atomic E-state index is 5.13. The zero-order valence-electron chi connectivity index (χ0n) is 10.5. The number of methoxy groups -OCH3 is 1. The molecular weight excluding hydrogens is 276 g/mol. The first-order chi connectivity index (χ1) is 8.29. The highest BCUT2D eigenvalue weighted by molar-refractivity contribution is 9.09. The van der Waals surface area contributed by atoms with E-state index < -0.39 is 0 Å². The van der Waals surface area contributed by atoms with Crippen molar-refractivity contribution in [2.24, 2.45) is 5.41 Å². The lowest BCUT2D eigenvalue weighted by molar-refractivity contribution is 0.195. The normalized spacial score (nSPS) is 17.1. The molecule has 1 aliphatic rings. The van der Waals surface area contributed by atoms with Crippen LogP contribution in [-0.2, 0) is 17.6 Å². The minimum absolute atomic E-state index is 0.567. The Hall–Kier alpha value is -0.340. The van der Waals surface area contributed by atoms with Gasteiger partial charge in [0.1, 0.15) is 0 Å². The summed E-state index contributed by atoms with van der Waals surface area (Å²) in [6.45, 7) is 0.859. The molecule has 0 bridgehead atoms. The minimum Gasteiger partial charge on any atom is -0.385 e. The van der Waals surface area contributed by atoms with Gasteiger partial charge in [0.2, 0.25) is 0 Å². The monoisotopic (exact) mass is 296 g/mol. The van der Waals surface area contributed by atoms with Crippen LogP contribution in [0.4, 0.5) is 0 Å². The van der Waals surface area contributed by atoms with Crippen molar-refractivity contribution in [3.8, 4) is 0 Å². The zero-order chi connectivity index (χ0) is 12.1. The van der Waals surface area contributed by atoms with E-state index in [1.807, 2.05) is 0 Å². The van der Waals surface area contributed by atoms with Gasteiger partial charge < -0.3 is 4.74 Å². The van der Waals surface area contributed by atoms with Crippen molar-refractivity contribution >= 4 is 15.9 Å². The van der Waals surface area contributed by atoms with E-state index in [2.05, 4.69) is 40.2 Å². The van der Waals surface area contributed by atoms with Gasteiger partial charge in [-0.15, -0.1) is 0 Å². The van der Waals surface area contributed by atoms with E-state index >= 15 is 0 Å². The quantitative estimate of drug-likeness (QED) is 0.546. The third-order valence-corrected chi connectivity index (χ3v) is 4.91. The minimum atomic E-state index is 0.567. The van der Waals surface area contributed by atoms with E-state index in [1.54, 1.807) is 12.7 Å². The molecule has 0 unspecified atom stereocenters. The first-order valence-electron chi connectivity index (χ1n) is 6.41. The van der Waals surface area contributed by atoms with E-state index in [-0.39, 0.29) is 0 Å². The van der Waals surface area contributed by atoms with Gasteiger partial charge in [0, 0.05) is 19.0 Å². The van der Waals surface area contributed by atoms with Gasteiger partial charge in [-0.3, -0.25) is 0 Å². The lowest BCUT2D eigenvalue weighted by Crippen LogP contribution is -2.08. The second-order valence-corrected chi connectivity index (χ2v) is 5.74. The van der Waals surface area contributed by atoms with E-state index in [4.69, 9.17) is 4.74 Å². The molecule has 0 radical (unpaired) electrons. The Kier molecular flexibility index (Phi) is 4.63. The molecule has 1 aromatic rings. The lowest BCUT2D eigenvalue weighted by atomic mass is 9.93. The van der Waals surface area contributed by atoms with Gasteiger partial charge in [-0.2, -0.15) is 0 Å². The highest BCUT2D eigenvalue weighted by atomic mass is 79.9. The Bertz CT molecular complexity index is 358. The number of alkyl halides is 1. The van der Waals surface area contributed by atoms with E-state index in [0.29, 0.717) is 5.41 Å².